The molecule has 7 nitrogen and oxygen atoms in total. The molecule has 0 bridgehead atoms. The van der Waals surface area contributed by atoms with E-state index in [1.807, 2.05) is 23.1 Å². The minimum Gasteiger partial charge on any atom is -0.376 e. The Kier molecular flexibility index (Phi) is 3.93. The Morgan fingerprint density at radius 3 is 3.08 bits per heavy atom. The molecule has 24 heavy (non-hydrogen) atoms. The zero-order chi connectivity index (χ0) is 16.5. The van der Waals surface area contributed by atoms with Crippen LogP contribution in [0.25, 0.3) is 0 Å². The Morgan fingerprint density at radius 2 is 2.33 bits per heavy atom. The van der Waals surface area contributed by atoms with Crippen molar-refractivity contribution in [1.29, 1.82) is 0 Å². The van der Waals surface area contributed by atoms with Crippen LogP contribution in [0.15, 0.2) is 35.0 Å². The number of carbonyl (C=O) groups is 1. The van der Waals surface area contributed by atoms with Crippen molar-refractivity contribution in [3.63, 3.8) is 0 Å². The molecule has 2 saturated heterocycles. The first-order valence-corrected chi connectivity index (χ1v) is 8.20. The van der Waals surface area contributed by atoms with Gasteiger partial charge < -0.3 is 19.5 Å². The minimum atomic E-state index is -0.106. The number of carbonyl (C=O) groups excluding carboxylic acids is 1. The number of likely N-dealkylation sites (tertiary alicyclic amines) is 1. The highest BCUT2D eigenvalue weighted by molar-refractivity contribution is 5.91. The summed E-state index contributed by atoms with van der Waals surface area (Å²) in [5, 5.41) is 7.14. The predicted molar refractivity (Wildman–Crippen MR) is 86.6 cm³/mol. The van der Waals surface area contributed by atoms with Gasteiger partial charge in [0.2, 0.25) is 5.76 Å². The molecule has 4 heterocycles. The van der Waals surface area contributed by atoms with Gasteiger partial charge in [0.25, 0.3) is 5.91 Å². The SMILES string of the molecule is Cc1cc(C(=O)N2C[C@@H]3[C@@H](CNc4ccccn4)CO[C@@H]3C2)on1. The van der Waals surface area contributed by atoms with E-state index in [2.05, 4.69) is 15.5 Å². The molecule has 0 aliphatic carbocycles. The van der Waals surface area contributed by atoms with E-state index in [1.54, 1.807) is 19.2 Å². The number of hydrogen-bond acceptors (Lipinski definition) is 6. The maximum Gasteiger partial charge on any atom is 0.292 e. The molecule has 0 radical (unpaired) electrons. The maximum atomic E-state index is 12.5. The number of aryl methyl sites for hydroxylation is 1. The first-order valence-electron chi connectivity index (χ1n) is 8.20. The summed E-state index contributed by atoms with van der Waals surface area (Å²) in [4.78, 5) is 18.6. The van der Waals surface area contributed by atoms with Crippen LogP contribution >= 0.6 is 0 Å². The van der Waals surface area contributed by atoms with Gasteiger partial charge in [-0.05, 0) is 19.1 Å². The van der Waals surface area contributed by atoms with Crippen molar-refractivity contribution < 1.29 is 14.1 Å². The van der Waals surface area contributed by atoms with Gasteiger partial charge >= 0.3 is 0 Å². The van der Waals surface area contributed by atoms with Gasteiger partial charge in [-0.3, -0.25) is 4.79 Å². The average Bonchev–Trinajstić information content (AvgIpc) is 3.29. The van der Waals surface area contributed by atoms with Crippen LogP contribution in [0.1, 0.15) is 16.2 Å². The van der Waals surface area contributed by atoms with Crippen molar-refractivity contribution in [1.82, 2.24) is 15.0 Å². The average molecular weight is 328 g/mol. The molecule has 1 N–H and O–H groups in total. The first-order chi connectivity index (χ1) is 11.7. The molecule has 7 heteroatoms. The molecule has 3 atom stereocenters. The number of hydrogen-bond donors (Lipinski definition) is 1. The van der Waals surface area contributed by atoms with E-state index in [0.29, 0.717) is 36.4 Å². The summed E-state index contributed by atoms with van der Waals surface area (Å²) < 4.78 is 11.0. The lowest BCUT2D eigenvalue weighted by molar-refractivity contribution is 0.0646. The fourth-order valence-electron chi connectivity index (χ4n) is 3.50. The van der Waals surface area contributed by atoms with Crippen LogP contribution in [0.5, 0.6) is 0 Å². The van der Waals surface area contributed by atoms with Crippen LogP contribution in [-0.2, 0) is 4.74 Å². The molecule has 0 spiro atoms. The van der Waals surface area contributed by atoms with Crippen LogP contribution < -0.4 is 5.32 Å². The topological polar surface area (TPSA) is 80.5 Å². The molecule has 2 fully saturated rings. The first kappa shape index (κ1) is 15.1. The summed E-state index contributed by atoms with van der Waals surface area (Å²) in [6.45, 7) is 4.63. The largest absolute Gasteiger partial charge is 0.376 e. The number of nitrogens with zero attached hydrogens (tertiary/aromatic N) is 3. The van der Waals surface area contributed by atoms with Gasteiger partial charge in [0.15, 0.2) is 0 Å². The van der Waals surface area contributed by atoms with Gasteiger partial charge in [0.05, 0.1) is 18.4 Å². The number of ether oxygens (including phenoxy) is 1. The summed E-state index contributed by atoms with van der Waals surface area (Å²) in [5.74, 6) is 1.77. The second-order valence-corrected chi connectivity index (χ2v) is 6.43. The highest BCUT2D eigenvalue weighted by Gasteiger charge is 2.45. The van der Waals surface area contributed by atoms with E-state index in [0.717, 1.165) is 19.0 Å². The number of nitrogens with one attached hydrogen (secondary N) is 1. The second-order valence-electron chi connectivity index (χ2n) is 6.43. The zero-order valence-corrected chi connectivity index (χ0v) is 13.5. The zero-order valence-electron chi connectivity index (χ0n) is 13.5. The molecule has 0 unspecified atom stereocenters. The summed E-state index contributed by atoms with van der Waals surface area (Å²) in [6, 6.07) is 7.48. The lowest BCUT2D eigenvalue weighted by Gasteiger charge is -2.19. The molecular weight excluding hydrogens is 308 g/mol. The smallest absolute Gasteiger partial charge is 0.292 e. The predicted octanol–water partition coefficient (Wildman–Crippen LogP) is 1.58. The molecule has 126 valence electrons. The monoisotopic (exact) mass is 328 g/mol. The number of anilines is 1. The van der Waals surface area contributed by atoms with E-state index < -0.39 is 0 Å². The Balaban J connectivity index is 1.37. The summed E-state index contributed by atoms with van der Waals surface area (Å²) in [5.41, 5.74) is 0.714. The Morgan fingerprint density at radius 1 is 1.42 bits per heavy atom. The van der Waals surface area contributed by atoms with Crippen LogP contribution in [0, 0.1) is 18.8 Å². The number of amides is 1. The van der Waals surface area contributed by atoms with Crippen LogP contribution in [0.3, 0.4) is 0 Å². The van der Waals surface area contributed by atoms with E-state index in [1.165, 1.54) is 0 Å². The van der Waals surface area contributed by atoms with Crippen molar-refractivity contribution in [3.05, 3.63) is 41.9 Å². The molecule has 1 amide bonds. The lowest BCUT2D eigenvalue weighted by Crippen LogP contribution is -2.32. The van der Waals surface area contributed by atoms with E-state index >= 15 is 0 Å². The van der Waals surface area contributed by atoms with Crippen LogP contribution in [0.4, 0.5) is 5.82 Å². The molecule has 0 saturated carbocycles. The minimum absolute atomic E-state index is 0.105. The molecular formula is C17H20N4O3. The third-order valence-electron chi connectivity index (χ3n) is 4.78. The van der Waals surface area contributed by atoms with Gasteiger partial charge in [-0.2, -0.15) is 0 Å². The summed E-state index contributed by atoms with van der Waals surface area (Å²) in [6.07, 6.45) is 1.87. The molecule has 2 aromatic rings. The lowest BCUT2D eigenvalue weighted by atomic mass is 9.93. The fourth-order valence-corrected chi connectivity index (χ4v) is 3.50. The summed E-state index contributed by atoms with van der Waals surface area (Å²) in [7, 11) is 0. The van der Waals surface area contributed by atoms with Crippen molar-refractivity contribution >= 4 is 11.7 Å². The van der Waals surface area contributed by atoms with Gasteiger partial charge in [0, 0.05) is 43.7 Å². The third kappa shape index (κ3) is 2.87. The number of pyridine rings is 1. The van der Waals surface area contributed by atoms with Gasteiger partial charge in [-0.25, -0.2) is 4.98 Å². The van der Waals surface area contributed by atoms with Crippen molar-refractivity contribution in [3.8, 4) is 0 Å². The van der Waals surface area contributed by atoms with Gasteiger partial charge in [0.1, 0.15) is 5.82 Å². The fraction of sp³-hybridized carbons (Fsp3) is 0.471. The number of aromatic nitrogens is 2. The van der Waals surface area contributed by atoms with Crippen LogP contribution in [0.2, 0.25) is 0 Å². The van der Waals surface area contributed by atoms with E-state index in [4.69, 9.17) is 9.26 Å². The maximum absolute atomic E-state index is 12.5. The van der Waals surface area contributed by atoms with Crippen LogP contribution in [-0.4, -0.2) is 53.3 Å². The summed E-state index contributed by atoms with van der Waals surface area (Å²) >= 11 is 0. The van der Waals surface area contributed by atoms with E-state index in [9.17, 15) is 4.79 Å². The number of fused-ring (bicyclic) bond motifs is 1. The second kappa shape index (κ2) is 6.24. The third-order valence-corrected chi connectivity index (χ3v) is 4.78. The van der Waals surface area contributed by atoms with Gasteiger partial charge in [-0.1, -0.05) is 11.2 Å². The standard InChI is InChI=1S/C17H20N4O3/c1-11-6-14(24-20-11)17(22)21-8-13-12(10-23-15(13)9-21)7-19-16-4-2-3-5-18-16/h2-6,12-13,15H,7-10H2,1H3,(H,18,19)/t12-,13+,15+/m0/s1. The van der Waals surface area contributed by atoms with Crippen molar-refractivity contribution in [2.75, 3.05) is 31.6 Å². The van der Waals surface area contributed by atoms with Gasteiger partial charge in [-0.15, -0.1) is 0 Å². The van der Waals surface area contributed by atoms with E-state index in [-0.39, 0.29) is 12.0 Å². The molecule has 2 aromatic heterocycles. The highest BCUT2D eigenvalue weighted by Crippen LogP contribution is 2.34. The molecule has 4 rings (SSSR count). The molecule has 2 aliphatic rings. The van der Waals surface area contributed by atoms with Crippen molar-refractivity contribution in [2.24, 2.45) is 11.8 Å². The Bertz CT molecular complexity index is 718. The highest BCUT2D eigenvalue weighted by atomic mass is 16.5. The Hall–Kier alpha value is -2.41. The molecule has 2 aliphatic heterocycles. The quantitative estimate of drug-likeness (QED) is 0.918. The number of rotatable bonds is 4. The normalized spacial score (nSPS) is 25.7. The Labute approximate surface area is 140 Å². The van der Waals surface area contributed by atoms with Crippen molar-refractivity contribution in [2.45, 2.75) is 13.0 Å². The molecule has 0 aromatic carbocycles.